The first-order chi connectivity index (χ1) is 13.8. The summed E-state index contributed by atoms with van der Waals surface area (Å²) in [6.45, 7) is 0.452. The lowest BCUT2D eigenvalue weighted by Crippen LogP contribution is -2.32. The standard InChI is InChI=1S/C8H20N2O6S2.C8H11NO2S/c1-17(12,13)9-3-2-8-18(14,15)10-4-6-16-7-5-11;1-9(12(2,10)11)8-6-4-3-5-7-8/h9-11H,2-8H2,1H3;3-7H,1-2H3. The zero-order valence-electron chi connectivity index (χ0n) is 17.3. The number of hydrogen-bond acceptors (Lipinski definition) is 8. The summed E-state index contributed by atoms with van der Waals surface area (Å²) < 4.78 is 77.0. The van der Waals surface area contributed by atoms with Crippen molar-refractivity contribution in [3.8, 4) is 0 Å². The average molecular weight is 490 g/mol. The monoisotopic (exact) mass is 489 g/mol. The van der Waals surface area contributed by atoms with Gasteiger partial charge in [-0.1, -0.05) is 18.2 Å². The molecule has 0 aromatic heterocycles. The van der Waals surface area contributed by atoms with Gasteiger partial charge in [-0.2, -0.15) is 0 Å². The van der Waals surface area contributed by atoms with Crippen LogP contribution in [0.15, 0.2) is 30.3 Å². The van der Waals surface area contributed by atoms with Crippen LogP contribution >= 0.6 is 0 Å². The summed E-state index contributed by atoms with van der Waals surface area (Å²) >= 11 is 0. The van der Waals surface area contributed by atoms with E-state index in [9.17, 15) is 25.3 Å². The van der Waals surface area contributed by atoms with Gasteiger partial charge in [-0.05, 0) is 18.6 Å². The number of anilines is 1. The Morgan fingerprint density at radius 2 is 1.53 bits per heavy atom. The lowest BCUT2D eigenvalue weighted by molar-refractivity contribution is 0.0961. The number of sulfonamides is 3. The Balaban J connectivity index is 0.000000604. The summed E-state index contributed by atoms with van der Waals surface area (Å²) in [5.74, 6) is -0.157. The molecule has 3 N–H and O–H groups in total. The molecule has 176 valence electrons. The van der Waals surface area contributed by atoms with Crippen molar-refractivity contribution in [2.45, 2.75) is 6.42 Å². The second kappa shape index (κ2) is 13.9. The van der Waals surface area contributed by atoms with Gasteiger partial charge < -0.3 is 9.84 Å². The van der Waals surface area contributed by atoms with E-state index < -0.39 is 30.1 Å². The fraction of sp³-hybridized carbons (Fsp3) is 0.625. The topological polar surface area (TPSA) is 159 Å². The van der Waals surface area contributed by atoms with Crippen molar-refractivity contribution in [2.75, 3.05) is 62.5 Å². The van der Waals surface area contributed by atoms with E-state index in [4.69, 9.17) is 9.84 Å². The van der Waals surface area contributed by atoms with Gasteiger partial charge in [0.1, 0.15) is 0 Å². The molecule has 1 rings (SSSR count). The average Bonchev–Trinajstić information content (AvgIpc) is 2.64. The van der Waals surface area contributed by atoms with Gasteiger partial charge in [-0.25, -0.2) is 34.7 Å². The van der Waals surface area contributed by atoms with Crippen LogP contribution in [0.5, 0.6) is 0 Å². The van der Waals surface area contributed by atoms with Crippen LogP contribution in [0.25, 0.3) is 0 Å². The maximum Gasteiger partial charge on any atom is 0.231 e. The lowest BCUT2D eigenvalue weighted by atomic mass is 10.3. The van der Waals surface area contributed by atoms with Crippen molar-refractivity contribution in [3.63, 3.8) is 0 Å². The highest BCUT2D eigenvalue weighted by Crippen LogP contribution is 2.13. The highest BCUT2D eigenvalue weighted by Gasteiger charge is 2.10. The molecule has 0 radical (unpaired) electrons. The summed E-state index contributed by atoms with van der Waals surface area (Å²) in [7, 11) is -8.28. The Bertz CT molecular complexity index is 904. The molecule has 0 amide bonds. The molecule has 0 bridgehead atoms. The number of benzene rings is 1. The minimum atomic E-state index is -3.41. The maximum absolute atomic E-state index is 11.4. The fourth-order valence-corrected chi connectivity index (χ4v) is 3.94. The van der Waals surface area contributed by atoms with Crippen molar-refractivity contribution in [1.82, 2.24) is 9.44 Å². The molecule has 0 heterocycles. The van der Waals surface area contributed by atoms with Crippen LogP contribution in [-0.4, -0.2) is 88.6 Å². The largest absolute Gasteiger partial charge is 0.394 e. The molecule has 0 spiro atoms. The third-order valence-corrected chi connectivity index (χ3v) is 6.78. The van der Waals surface area contributed by atoms with Crippen LogP contribution in [0.3, 0.4) is 0 Å². The molecule has 0 unspecified atom stereocenters. The summed E-state index contributed by atoms with van der Waals surface area (Å²) in [5.41, 5.74) is 0.681. The first kappa shape index (κ1) is 28.7. The fourth-order valence-electron chi connectivity index (χ4n) is 1.86. The van der Waals surface area contributed by atoms with E-state index >= 15 is 0 Å². The van der Waals surface area contributed by atoms with Crippen molar-refractivity contribution < 1.29 is 35.1 Å². The van der Waals surface area contributed by atoms with Gasteiger partial charge in [0.15, 0.2) is 0 Å². The first-order valence-corrected chi connectivity index (χ1v) is 14.3. The molecule has 14 heteroatoms. The van der Waals surface area contributed by atoms with Crippen LogP contribution < -0.4 is 13.7 Å². The van der Waals surface area contributed by atoms with E-state index in [1.54, 1.807) is 24.3 Å². The van der Waals surface area contributed by atoms with Crippen molar-refractivity contribution >= 4 is 35.8 Å². The second-order valence-corrected chi connectivity index (χ2v) is 11.9. The van der Waals surface area contributed by atoms with Crippen LogP contribution in [0.1, 0.15) is 6.42 Å². The highest BCUT2D eigenvalue weighted by molar-refractivity contribution is 7.92. The third kappa shape index (κ3) is 15.5. The molecular formula is C16H31N3O8S3. The van der Waals surface area contributed by atoms with Gasteiger partial charge in [0.2, 0.25) is 30.1 Å². The van der Waals surface area contributed by atoms with Crippen molar-refractivity contribution in [2.24, 2.45) is 0 Å². The van der Waals surface area contributed by atoms with E-state index in [0.29, 0.717) is 5.69 Å². The second-order valence-electron chi connectivity index (χ2n) is 6.14. The molecule has 0 saturated heterocycles. The van der Waals surface area contributed by atoms with Crippen LogP contribution in [0, 0.1) is 0 Å². The predicted octanol–water partition coefficient (Wildman–Crippen LogP) is -1.06. The molecule has 0 aliphatic carbocycles. The van der Waals surface area contributed by atoms with E-state index in [-0.39, 0.29) is 45.1 Å². The van der Waals surface area contributed by atoms with Gasteiger partial charge in [0.05, 0.1) is 43.8 Å². The normalized spacial score (nSPS) is 12.1. The summed E-state index contributed by atoms with van der Waals surface area (Å²) in [5, 5.41) is 8.41. The van der Waals surface area contributed by atoms with Gasteiger partial charge in [0.25, 0.3) is 0 Å². The highest BCUT2D eigenvalue weighted by atomic mass is 32.2. The smallest absolute Gasteiger partial charge is 0.231 e. The van der Waals surface area contributed by atoms with E-state index in [0.717, 1.165) is 6.26 Å². The zero-order valence-corrected chi connectivity index (χ0v) is 19.8. The van der Waals surface area contributed by atoms with E-state index in [2.05, 4.69) is 9.44 Å². The maximum atomic E-state index is 11.4. The van der Waals surface area contributed by atoms with Crippen molar-refractivity contribution in [1.29, 1.82) is 0 Å². The minimum absolute atomic E-state index is 0.0841. The van der Waals surface area contributed by atoms with Crippen LogP contribution in [-0.2, 0) is 34.8 Å². The van der Waals surface area contributed by atoms with Gasteiger partial charge in [-0.15, -0.1) is 0 Å². The Morgan fingerprint density at radius 1 is 0.933 bits per heavy atom. The number of para-hydroxylation sites is 1. The van der Waals surface area contributed by atoms with E-state index in [1.165, 1.54) is 17.6 Å². The van der Waals surface area contributed by atoms with Gasteiger partial charge >= 0.3 is 0 Å². The predicted molar refractivity (Wildman–Crippen MR) is 117 cm³/mol. The molecule has 1 aromatic rings. The van der Waals surface area contributed by atoms with Crippen LogP contribution in [0.4, 0.5) is 5.69 Å². The third-order valence-electron chi connectivity index (χ3n) is 3.38. The van der Waals surface area contributed by atoms with E-state index in [1.807, 2.05) is 6.07 Å². The SMILES string of the molecule is CN(c1ccccc1)S(C)(=O)=O.CS(=O)(=O)NCCCS(=O)(=O)NCCOCCO. The molecule has 0 fully saturated rings. The van der Waals surface area contributed by atoms with Crippen molar-refractivity contribution in [3.05, 3.63) is 30.3 Å². The molecule has 0 atom stereocenters. The Morgan fingerprint density at radius 3 is 2.03 bits per heavy atom. The Labute approximate surface area is 179 Å². The number of aliphatic hydroxyl groups excluding tert-OH is 1. The molecule has 1 aromatic carbocycles. The number of nitrogens with zero attached hydrogens (tertiary/aromatic N) is 1. The van der Waals surface area contributed by atoms with Gasteiger partial charge in [-0.3, -0.25) is 4.31 Å². The summed E-state index contributed by atoms with van der Waals surface area (Å²) in [6, 6.07) is 8.95. The molecule has 0 saturated carbocycles. The van der Waals surface area contributed by atoms with Gasteiger partial charge in [0, 0.05) is 20.1 Å². The lowest BCUT2D eigenvalue weighted by Gasteiger charge is -2.15. The Hall–Kier alpha value is -1.29. The first-order valence-electron chi connectivity index (χ1n) is 8.88. The molecule has 0 aliphatic rings. The molecule has 11 nitrogen and oxygen atoms in total. The number of aliphatic hydroxyl groups is 1. The number of nitrogens with one attached hydrogen (secondary N) is 2. The number of rotatable bonds is 13. The summed E-state index contributed by atoms with van der Waals surface area (Å²) in [4.78, 5) is 0. The molecular weight excluding hydrogens is 458 g/mol. The quantitative estimate of drug-likeness (QED) is 0.296. The van der Waals surface area contributed by atoms with Crippen LogP contribution in [0.2, 0.25) is 0 Å². The summed E-state index contributed by atoms with van der Waals surface area (Å²) in [6.07, 6.45) is 2.39. The molecule has 0 aliphatic heterocycles. The number of ether oxygens (including phenoxy) is 1. The Kier molecular flexibility index (Phi) is 13.3. The molecule has 30 heavy (non-hydrogen) atoms. The minimum Gasteiger partial charge on any atom is -0.394 e. The number of hydrogen-bond donors (Lipinski definition) is 3. The zero-order chi connectivity index (χ0) is 23.3.